The van der Waals surface area contributed by atoms with Crippen LogP contribution in [0.15, 0.2) is 30.5 Å². The third-order valence-corrected chi connectivity index (χ3v) is 3.04. The number of fused-ring (bicyclic) bond motifs is 1. The minimum Gasteiger partial charge on any atom is -0.395 e. The van der Waals surface area contributed by atoms with Crippen LogP contribution in [0.2, 0.25) is 5.02 Å². The van der Waals surface area contributed by atoms with Gasteiger partial charge in [0, 0.05) is 29.2 Å². The lowest BCUT2D eigenvalue weighted by Gasteiger charge is -2.12. The lowest BCUT2D eigenvalue weighted by molar-refractivity contribution is 0.251. The summed E-state index contributed by atoms with van der Waals surface area (Å²) in [6.45, 7) is 2.73. The summed E-state index contributed by atoms with van der Waals surface area (Å²) in [4.78, 5) is 4.36. The van der Waals surface area contributed by atoms with E-state index in [-0.39, 0.29) is 12.6 Å². The lowest BCUT2D eigenvalue weighted by atomic mass is 10.1. The van der Waals surface area contributed by atoms with Gasteiger partial charge in [-0.15, -0.1) is 0 Å². The van der Waals surface area contributed by atoms with Crippen molar-refractivity contribution in [2.75, 3.05) is 6.61 Å². The van der Waals surface area contributed by atoms with Gasteiger partial charge in [-0.2, -0.15) is 0 Å². The maximum atomic E-state index is 8.97. The highest BCUT2D eigenvalue weighted by Gasteiger charge is 2.06. The fourth-order valence-corrected chi connectivity index (χ4v) is 1.90. The van der Waals surface area contributed by atoms with Crippen molar-refractivity contribution in [1.29, 1.82) is 0 Å². The molecule has 0 aliphatic rings. The quantitative estimate of drug-likeness (QED) is 0.876. The van der Waals surface area contributed by atoms with Crippen LogP contribution in [0, 0.1) is 0 Å². The Balaban J connectivity index is 2.32. The molecule has 17 heavy (non-hydrogen) atoms. The molecule has 2 N–H and O–H groups in total. The summed E-state index contributed by atoms with van der Waals surface area (Å²) in [6.07, 6.45) is 1.76. The Morgan fingerprint density at radius 1 is 1.41 bits per heavy atom. The number of pyridine rings is 1. The van der Waals surface area contributed by atoms with E-state index >= 15 is 0 Å². The molecule has 0 spiro atoms. The predicted molar refractivity (Wildman–Crippen MR) is 70.1 cm³/mol. The summed E-state index contributed by atoms with van der Waals surface area (Å²) in [6, 6.07) is 7.76. The van der Waals surface area contributed by atoms with Gasteiger partial charge in [-0.3, -0.25) is 4.98 Å². The van der Waals surface area contributed by atoms with Crippen molar-refractivity contribution >= 4 is 22.5 Å². The van der Waals surface area contributed by atoms with Crippen LogP contribution in [0.25, 0.3) is 10.9 Å². The average molecular weight is 251 g/mol. The van der Waals surface area contributed by atoms with E-state index < -0.39 is 0 Å². The highest BCUT2D eigenvalue weighted by Crippen LogP contribution is 2.24. The summed E-state index contributed by atoms with van der Waals surface area (Å²) >= 11 is 6.12. The van der Waals surface area contributed by atoms with Crippen molar-refractivity contribution in [3.8, 4) is 0 Å². The first-order chi connectivity index (χ1) is 8.22. The minimum absolute atomic E-state index is 0.0736. The smallest absolute Gasteiger partial charge is 0.0761 e. The van der Waals surface area contributed by atoms with Crippen molar-refractivity contribution in [2.24, 2.45) is 0 Å². The molecule has 1 atom stereocenters. The number of nitrogens with one attached hydrogen (secondary N) is 1. The van der Waals surface area contributed by atoms with Gasteiger partial charge in [-0.25, -0.2) is 0 Å². The topological polar surface area (TPSA) is 45.1 Å². The molecule has 2 rings (SSSR count). The van der Waals surface area contributed by atoms with Gasteiger partial charge >= 0.3 is 0 Å². The zero-order valence-corrected chi connectivity index (χ0v) is 10.4. The lowest BCUT2D eigenvalue weighted by Crippen LogP contribution is -2.28. The summed E-state index contributed by atoms with van der Waals surface area (Å²) < 4.78 is 0. The molecule has 1 aromatic heterocycles. The van der Waals surface area contributed by atoms with Gasteiger partial charge in [0.25, 0.3) is 0 Å². The molecule has 0 aliphatic carbocycles. The minimum atomic E-state index is 0.0736. The number of rotatable bonds is 4. The van der Waals surface area contributed by atoms with Crippen LogP contribution in [0.4, 0.5) is 0 Å². The van der Waals surface area contributed by atoms with E-state index in [4.69, 9.17) is 16.7 Å². The standard InChI is InChI=1S/C13H15ClN2O/c1-9(8-17)16-7-10-4-5-12(14)11-3-2-6-15-13(10)11/h2-6,9,16-17H,7-8H2,1H3/t9-/m1/s1. The number of benzene rings is 1. The Bertz CT molecular complexity index is 516. The van der Waals surface area contributed by atoms with Gasteiger partial charge in [0.15, 0.2) is 0 Å². The van der Waals surface area contributed by atoms with Crippen LogP contribution in [0.3, 0.4) is 0 Å². The average Bonchev–Trinajstić information content (AvgIpc) is 2.38. The normalized spacial score (nSPS) is 12.9. The molecule has 0 aliphatic heterocycles. The molecule has 3 nitrogen and oxygen atoms in total. The Labute approximate surface area is 105 Å². The number of nitrogens with zero attached hydrogens (tertiary/aromatic N) is 1. The largest absolute Gasteiger partial charge is 0.395 e. The molecule has 4 heteroatoms. The van der Waals surface area contributed by atoms with Gasteiger partial charge in [-0.05, 0) is 30.7 Å². The zero-order valence-electron chi connectivity index (χ0n) is 9.65. The summed E-state index contributed by atoms with van der Waals surface area (Å²) in [5.74, 6) is 0. The van der Waals surface area contributed by atoms with E-state index in [1.807, 2.05) is 31.2 Å². The molecular formula is C13H15ClN2O. The molecule has 2 aromatic rings. The van der Waals surface area contributed by atoms with E-state index in [1.54, 1.807) is 6.20 Å². The van der Waals surface area contributed by atoms with Gasteiger partial charge in [0.1, 0.15) is 0 Å². The number of aromatic nitrogens is 1. The Morgan fingerprint density at radius 3 is 3.00 bits per heavy atom. The molecule has 0 saturated carbocycles. The van der Waals surface area contributed by atoms with E-state index in [1.165, 1.54) is 0 Å². The highest BCUT2D eigenvalue weighted by atomic mass is 35.5. The third-order valence-electron chi connectivity index (χ3n) is 2.71. The second-order valence-corrected chi connectivity index (χ2v) is 4.48. The Kier molecular flexibility index (Phi) is 3.94. The number of aliphatic hydroxyl groups excluding tert-OH is 1. The van der Waals surface area contributed by atoms with Gasteiger partial charge in [0.05, 0.1) is 12.1 Å². The molecule has 0 saturated heterocycles. The third kappa shape index (κ3) is 2.75. The van der Waals surface area contributed by atoms with Crippen LogP contribution in [0.5, 0.6) is 0 Å². The number of hydrogen-bond acceptors (Lipinski definition) is 3. The van der Waals surface area contributed by atoms with Gasteiger partial charge < -0.3 is 10.4 Å². The number of hydrogen-bond donors (Lipinski definition) is 2. The van der Waals surface area contributed by atoms with Crippen LogP contribution >= 0.6 is 11.6 Å². The van der Waals surface area contributed by atoms with Crippen molar-refractivity contribution in [3.63, 3.8) is 0 Å². The summed E-state index contributed by atoms with van der Waals surface area (Å²) in [5, 5.41) is 13.9. The first-order valence-electron chi connectivity index (χ1n) is 5.58. The van der Waals surface area contributed by atoms with E-state index in [9.17, 15) is 0 Å². The SMILES string of the molecule is C[C@H](CO)NCc1ccc(Cl)c2cccnc12. The maximum absolute atomic E-state index is 8.97. The number of aliphatic hydroxyl groups is 1. The Morgan fingerprint density at radius 2 is 2.24 bits per heavy atom. The molecule has 0 fully saturated rings. The van der Waals surface area contributed by atoms with Crippen molar-refractivity contribution in [1.82, 2.24) is 10.3 Å². The predicted octanol–water partition coefficient (Wildman–Crippen LogP) is 2.36. The van der Waals surface area contributed by atoms with E-state index in [0.717, 1.165) is 16.5 Å². The van der Waals surface area contributed by atoms with Crippen molar-refractivity contribution in [3.05, 3.63) is 41.0 Å². The second kappa shape index (κ2) is 5.45. The fourth-order valence-electron chi connectivity index (χ4n) is 1.69. The molecule has 0 amide bonds. The fraction of sp³-hybridized carbons (Fsp3) is 0.308. The molecule has 0 bridgehead atoms. The highest BCUT2D eigenvalue weighted by molar-refractivity contribution is 6.35. The van der Waals surface area contributed by atoms with Crippen LogP contribution in [0.1, 0.15) is 12.5 Å². The summed E-state index contributed by atoms with van der Waals surface area (Å²) in [7, 11) is 0. The summed E-state index contributed by atoms with van der Waals surface area (Å²) in [5.41, 5.74) is 2.00. The monoisotopic (exact) mass is 250 g/mol. The van der Waals surface area contributed by atoms with Crippen LogP contribution in [-0.2, 0) is 6.54 Å². The molecule has 0 unspecified atom stereocenters. The molecule has 1 aromatic carbocycles. The van der Waals surface area contributed by atoms with Crippen LogP contribution < -0.4 is 5.32 Å². The van der Waals surface area contributed by atoms with Crippen LogP contribution in [-0.4, -0.2) is 22.7 Å². The van der Waals surface area contributed by atoms with Gasteiger partial charge in [0.2, 0.25) is 0 Å². The molecular weight excluding hydrogens is 236 g/mol. The first kappa shape index (κ1) is 12.3. The first-order valence-corrected chi connectivity index (χ1v) is 5.96. The van der Waals surface area contributed by atoms with Crippen molar-refractivity contribution < 1.29 is 5.11 Å². The van der Waals surface area contributed by atoms with E-state index in [0.29, 0.717) is 11.6 Å². The molecule has 1 heterocycles. The van der Waals surface area contributed by atoms with Gasteiger partial charge in [-0.1, -0.05) is 17.7 Å². The second-order valence-electron chi connectivity index (χ2n) is 4.07. The zero-order chi connectivity index (χ0) is 12.3. The Hall–Kier alpha value is -1.16. The molecule has 90 valence electrons. The number of halogens is 1. The molecule has 0 radical (unpaired) electrons. The maximum Gasteiger partial charge on any atom is 0.0761 e. The van der Waals surface area contributed by atoms with Crippen molar-refractivity contribution in [2.45, 2.75) is 19.5 Å². The van der Waals surface area contributed by atoms with E-state index in [2.05, 4.69) is 10.3 Å².